The molecule has 0 aliphatic carbocycles. The van der Waals surface area contributed by atoms with Gasteiger partial charge in [0.05, 0.1) is 0 Å². The molecule has 2 nitrogen and oxygen atoms in total. The van der Waals surface area contributed by atoms with Gasteiger partial charge in [-0.05, 0) is 39.0 Å². The number of hydrogen-bond donors (Lipinski definition) is 0. The van der Waals surface area contributed by atoms with Crippen molar-refractivity contribution in [2.24, 2.45) is 0 Å². The fraction of sp³-hybridized carbons (Fsp3) is 0. The summed E-state index contributed by atoms with van der Waals surface area (Å²) in [7, 11) is 0. The van der Waals surface area contributed by atoms with Gasteiger partial charge in [0.1, 0.15) is 0 Å². The van der Waals surface area contributed by atoms with Crippen molar-refractivity contribution in [3.63, 3.8) is 0 Å². The largest absolute Gasteiger partial charge is 0.305 e. The van der Waals surface area contributed by atoms with E-state index < -0.39 is 0 Å². The van der Waals surface area contributed by atoms with Crippen molar-refractivity contribution >= 4 is 21.5 Å². The fourth-order valence-corrected chi connectivity index (χ4v) is 3.69. The summed E-state index contributed by atoms with van der Waals surface area (Å²) in [5.74, 6) is -0.287. The maximum atomic E-state index is 13.0. The molecule has 0 saturated carbocycles. The van der Waals surface area contributed by atoms with Gasteiger partial charge in [-0.3, -0.25) is 4.39 Å². The van der Waals surface area contributed by atoms with Crippen LogP contribution in [0, 0.1) is 17.9 Å². The average molecular weight is 619 g/mol. The zero-order valence-corrected chi connectivity index (χ0v) is 20.5. The summed E-state index contributed by atoms with van der Waals surface area (Å²) < 4.78 is 13.0. The molecule has 0 fully saturated rings. The quantitative estimate of drug-likeness (QED) is 0.148. The first kappa shape index (κ1) is 23.4. The SMILES string of the molecule is Fc1c[c-]c(-c2cc3c(ccc4ccccc43)cn2)cc1.[Ir].[c-]1ccccc1-c1ccccn1. The third kappa shape index (κ3) is 5.26. The van der Waals surface area contributed by atoms with Gasteiger partial charge in [-0.15, -0.1) is 65.7 Å². The van der Waals surface area contributed by atoms with E-state index in [4.69, 9.17) is 0 Å². The Morgan fingerprint density at radius 3 is 2.18 bits per heavy atom. The van der Waals surface area contributed by atoms with Gasteiger partial charge in [-0.1, -0.05) is 54.6 Å². The molecule has 0 bridgehead atoms. The zero-order valence-electron chi connectivity index (χ0n) is 18.1. The molecule has 1 radical (unpaired) electrons. The van der Waals surface area contributed by atoms with Crippen LogP contribution in [0.3, 0.4) is 0 Å². The molecule has 0 aliphatic heterocycles. The van der Waals surface area contributed by atoms with Crippen molar-refractivity contribution in [3.8, 4) is 22.5 Å². The zero-order chi connectivity index (χ0) is 22.5. The fourth-order valence-electron chi connectivity index (χ4n) is 3.69. The summed E-state index contributed by atoms with van der Waals surface area (Å²) in [5, 5.41) is 4.64. The van der Waals surface area contributed by atoms with Crippen molar-refractivity contribution in [2.45, 2.75) is 0 Å². The van der Waals surface area contributed by atoms with Gasteiger partial charge >= 0.3 is 0 Å². The summed E-state index contributed by atoms with van der Waals surface area (Å²) in [4.78, 5) is 8.68. The minimum absolute atomic E-state index is 0. The number of rotatable bonds is 2. The number of fused-ring (bicyclic) bond motifs is 3. The van der Waals surface area contributed by atoms with E-state index in [2.05, 4.69) is 46.4 Å². The van der Waals surface area contributed by atoms with Gasteiger partial charge in [0.2, 0.25) is 0 Å². The molecule has 6 rings (SSSR count). The number of halogens is 1. The van der Waals surface area contributed by atoms with E-state index in [1.165, 1.54) is 22.9 Å². The minimum Gasteiger partial charge on any atom is -0.305 e. The standard InChI is InChI=1S/C19H11FN.C11H8N.Ir/c20-16-9-7-14(8-10-16)19-11-18-15(12-21-19)6-5-13-3-1-2-4-17(13)18;1-2-6-10(7-3-1)11-8-4-5-9-12-11;/h1-7,9-12H;1-6,8-9H;/q2*-1;. The molecule has 0 spiro atoms. The van der Waals surface area contributed by atoms with E-state index in [1.54, 1.807) is 12.3 Å². The van der Waals surface area contributed by atoms with Crippen LogP contribution in [0.5, 0.6) is 0 Å². The third-order valence-corrected chi connectivity index (χ3v) is 5.33. The van der Waals surface area contributed by atoms with Crippen LogP contribution in [-0.2, 0) is 20.1 Å². The van der Waals surface area contributed by atoms with Gasteiger partial charge in [0.15, 0.2) is 0 Å². The summed E-state index contributed by atoms with van der Waals surface area (Å²) in [6.45, 7) is 0. The maximum Gasteiger partial charge on any atom is 0.0379 e. The van der Waals surface area contributed by atoms with Crippen LogP contribution in [0.15, 0.2) is 116 Å². The van der Waals surface area contributed by atoms with Crippen LogP contribution >= 0.6 is 0 Å². The van der Waals surface area contributed by atoms with E-state index in [-0.39, 0.29) is 25.9 Å². The minimum atomic E-state index is -0.287. The van der Waals surface area contributed by atoms with E-state index in [0.29, 0.717) is 0 Å². The Kier molecular flexibility index (Phi) is 7.54. The predicted molar refractivity (Wildman–Crippen MR) is 132 cm³/mol. The molecule has 4 heteroatoms. The van der Waals surface area contributed by atoms with Crippen LogP contribution < -0.4 is 0 Å². The molecule has 2 heterocycles. The molecule has 0 aliphatic rings. The number of pyridine rings is 2. The average Bonchev–Trinajstić information content (AvgIpc) is 2.90. The molecule has 0 unspecified atom stereocenters. The van der Waals surface area contributed by atoms with Crippen molar-refractivity contribution in [1.29, 1.82) is 0 Å². The molecule has 167 valence electrons. The topological polar surface area (TPSA) is 25.8 Å². The number of aromatic nitrogens is 2. The van der Waals surface area contributed by atoms with Crippen molar-refractivity contribution in [1.82, 2.24) is 9.97 Å². The molecular formula is C30H19FIrN2-2. The molecule has 2 aromatic heterocycles. The Morgan fingerprint density at radius 2 is 1.41 bits per heavy atom. The number of benzene rings is 4. The van der Waals surface area contributed by atoms with Gasteiger partial charge in [0.25, 0.3) is 0 Å². The van der Waals surface area contributed by atoms with E-state index in [1.807, 2.05) is 66.9 Å². The van der Waals surface area contributed by atoms with Crippen molar-refractivity contribution in [3.05, 3.63) is 133 Å². The van der Waals surface area contributed by atoms with Crippen molar-refractivity contribution < 1.29 is 24.5 Å². The van der Waals surface area contributed by atoms with E-state index >= 15 is 0 Å². The second kappa shape index (κ2) is 10.9. The monoisotopic (exact) mass is 619 g/mol. The Balaban J connectivity index is 0.000000180. The van der Waals surface area contributed by atoms with Crippen LogP contribution in [0.2, 0.25) is 0 Å². The second-order valence-corrected chi connectivity index (χ2v) is 7.49. The first-order valence-electron chi connectivity index (χ1n) is 10.6. The molecule has 0 amide bonds. The Morgan fingerprint density at radius 1 is 0.618 bits per heavy atom. The molecule has 0 saturated heterocycles. The van der Waals surface area contributed by atoms with Gasteiger partial charge in [-0.2, -0.15) is 0 Å². The van der Waals surface area contributed by atoms with Crippen molar-refractivity contribution in [2.75, 3.05) is 0 Å². The van der Waals surface area contributed by atoms with Crippen LogP contribution in [0.4, 0.5) is 4.39 Å². The molecular weight excluding hydrogens is 600 g/mol. The summed E-state index contributed by atoms with van der Waals surface area (Å²) in [6, 6.07) is 38.7. The van der Waals surface area contributed by atoms with Crippen LogP contribution in [0.1, 0.15) is 0 Å². The maximum absolute atomic E-state index is 13.0. The first-order chi connectivity index (χ1) is 16.3. The molecule has 6 aromatic rings. The summed E-state index contributed by atoms with van der Waals surface area (Å²) >= 11 is 0. The summed E-state index contributed by atoms with van der Waals surface area (Å²) in [5.41, 5.74) is 3.61. The van der Waals surface area contributed by atoms with Gasteiger partial charge in [0, 0.05) is 38.3 Å². The van der Waals surface area contributed by atoms with E-state index in [0.717, 1.165) is 33.3 Å². The first-order valence-corrected chi connectivity index (χ1v) is 10.6. The Labute approximate surface area is 211 Å². The van der Waals surface area contributed by atoms with Gasteiger partial charge in [-0.25, -0.2) is 0 Å². The van der Waals surface area contributed by atoms with Gasteiger partial charge < -0.3 is 9.97 Å². The normalized spacial score (nSPS) is 10.3. The van der Waals surface area contributed by atoms with Crippen LogP contribution in [0.25, 0.3) is 44.1 Å². The molecule has 4 aromatic carbocycles. The Hall–Kier alpha value is -3.72. The predicted octanol–water partition coefficient (Wildman–Crippen LogP) is 7.54. The second-order valence-electron chi connectivity index (χ2n) is 7.49. The smallest absolute Gasteiger partial charge is 0.0379 e. The number of hydrogen-bond acceptors (Lipinski definition) is 2. The van der Waals surface area contributed by atoms with E-state index in [9.17, 15) is 4.39 Å². The molecule has 34 heavy (non-hydrogen) atoms. The summed E-state index contributed by atoms with van der Waals surface area (Å²) in [6.07, 6.45) is 3.64. The molecule has 0 atom stereocenters. The molecule has 0 N–H and O–H groups in total. The Bertz CT molecular complexity index is 1460. The third-order valence-electron chi connectivity index (χ3n) is 5.33. The number of nitrogens with zero attached hydrogens (tertiary/aromatic N) is 2. The van der Waals surface area contributed by atoms with Crippen LogP contribution in [-0.4, -0.2) is 9.97 Å².